The van der Waals surface area contributed by atoms with Crippen LogP contribution in [0.2, 0.25) is 0 Å². The van der Waals surface area contributed by atoms with Crippen LogP contribution in [0.25, 0.3) is 0 Å². The summed E-state index contributed by atoms with van der Waals surface area (Å²) in [7, 11) is 13.3. The van der Waals surface area contributed by atoms with E-state index in [1.54, 1.807) is 0 Å². The molecule has 0 fully saturated rings. The van der Waals surface area contributed by atoms with Crippen LogP contribution in [0.15, 0.2) is 54.6 Å². The van der Waals surface area contributed by atoms with Crippen LogP contribution in [0.3, 0.4) is 0 Å². The van der Waals surface area contributed by atoms with E-state index in [1.165, 1.54) is 0 Å². The van der Waals surface area contributed by atoms with E-state index in [-0.39, 0.29) is 0 Å². The fraction of sp³-hybridized carbons (Fsp3) is 0.167. The smallest absolute Gasteiger partial charge is 0.0466 e. The quantitative estimate of drug-likeness (QED) is 0.309. The molecular formula is C18H15N3S3W. The summed E-state index contributed by atoms with van der Waals surface area (Å²) in [6.45, 7) is 0. The maximum atomic E-state index is 4.73. The molecule has 0 atom stereocenters. The van der Waals surface area contributed by atoms with E-state index >= 15 is 0 Å². The molecule has 1 aliphatic heterocycles. The van der Waals surface area contributed by atoms with Crippen LogP contribution >= 0.6 is 29.5 Å². The zero-order valence-corrected chi connectivity index (χ0v) is 18.7. The number of hydrogen-bond acceptors (Lipinski definition) is 6. The first-order valence-corrected chi connectivity index (χ1v) is 19.5. The zero-order valence-electron chi connectivity index (χ0n) is 13.3. The molecule has 0 N–H and O–H groups in total. The van der Waals surface area contributed by atoms with Crippen molar-refractivity contribution in [1.29, 1.82) is 0 Å². The molecule has 0 amide bonds. The Morgan fingerprint density at radius 2 is 0.720 bits per heavy atom. The van der Waals surface area contributed by atoms with Crippen molar-refractivity contribution in [1.82, 2.24) is 15.0 Å². The van der Waals surface area contributed by atoms with Crippen molar-refractivity contribution in [3.8, 4) is 0 Å². The summed E-state index contributed by atoms with van der Waals surface area (Å²) >= 11 is -1.78. The van der Waals surface area contributed by atoms with E-state index in [1.807, 2.05) is 0 Å². The number of fused-ring (bicyclic) bond motifs is 6. The summed E-state index contributed by atoms with van der Waals surface area (Å²) in [6, 6.07) is 18.6. The molecule has 7 heteroatoms. The van der Waals surface area contributed by atoms with Gasteiger partial charge in [0.2, 0.25) is 0 Å². The van der Waals surface area contributed by atoms with Crippen LogP contribution in [0, 0.1) is 0 Å². The van der Waals surface area contributed by atoms with Gasteiger partial charge in [0.1, 0.15) is 0 Å². The van der Waals surface area contributed by atoms with Crippen molar-refractivity contribution in [2.45, 2.75) is 19.3 Å². The molecule has 0 aliphatic carbocycles. The molecular weight excluding hydrogens is 538 g/mol. The van der Waals surface area contributed by atoms with Crippen LogP contribution < -0.4 is 0 Å². The number of rotatable bonds is 0. The maximum absolute atomic E-state index is 4.73. The van der Waals surface area contributed by atoms with Gasteiger partial charge in [-0.05, 0) is 36.4 Å². The topological polar surface area (TPSA) is 38.7 Å². The third kappa shape index (κ3) is 5.92. The molecule has 6 bridgehead atoms. The molecule has 126 valence electrons. The van der Waals surface area contributed by atoms with Crippen LogP contribution in [-0.4, -0.2) is 15.0 Å². The zero-order chi connectivity index (χ0) is 17.6. The molecule has 1 aliphatic rings. The van der Waals surface area contributed by atoms with Crippen molar-refractivity contribution in [3.63, 3.8) is 0 Å². The molecule has 0 radical (unpaired) electrons. The van der Waals surface area contributed by atoms with Crippen LogP contribution in [-0.2, 0) is 31.1 Å². The first-order valence-electron chi connectivity index (χ1n) is 7.70. The summed E-state index contributed by atoms with van der Waals surface area (Å²) in [6.07, 6.45) is 2.34. The summed E-state index contributed by atoms with van der Waals surface area (Å²) < 4.78 is 0. The van der Waals surface area contributed by atoms with Crippen LogP contribution in [0.1, 0.15) is 34.2 Å². The molecule has 0 saturated carbocycles. The van der Waals surface area contributed by atoms with Gasteiger partial charge in [-0.25, -0.2) is 0 Å². The minimum atomic E-state index is -1.78. The minimum Gasteiger partial charge on any atom is -0.257 e. The Kier molecular flexibility index (Phi) is 6.65. The predicted octanol–water partition coefficient (Wildman–Crippen LogP) is 4.90. The Labute approximate surface area is 163 Å². The predicted molar refractivity (Wildman–Crippen MR) is 104 cm³/mol. The van der Waals surface area contributed by atoms with Gasteiger partial charge in [-0.3, -0.25) is 15.0 Å². The largest absolute Gasteiger partial charge is 0.257 e. The Hall–Kier alpha value is -1.20. The van der Waals surface area contributed by atoms with Gasteiger partial charge in [-0.2, -0.15) is 0 Å². The molecule has 0 spiro atoms. The van der Waals surface area contributed by atoms with E-state index in [2.05, 4.69) is 84.1 Å². The number of hydrogen-bond donors (Lipinski definition) is 0. The second-order valence-electron chi connectivity index (χ2n) is 5.60. The van der Waals surface area contributed by atoms with Gasteiger partial charge in [0, 0.05) is 53.4 Å². The third-order valence-electron chi connectivity index (χ3n) is 3.68. The van der Waals surface area contributed by atoms with Crippen molar-refractivity contribution in [2.75, 3.05) is 0 Å². The van der Waals surface area contributed by atoms with Crippen molar-refractivity contribution in [2.24, 2.45) is 0 Å². The molecule has 0 aromatic carbocycles. The Morgan fingerprint density at radius 1 is 0.520 bits per heavy atom. The number of aromatic nitrogens is 3. The van der Waals surface area contributed by atoms with E-state index in [0.717, 1.165) is 53.4 Å². The Morgan fingerprint density at radius 3 is 0.920 bits per heavy atom. The van der Waals surface area contributed by atoms with Gasteiger partial charge < -0.3 is 0 Å². The molecule has 25 heavy (non-hydrogen) atoms. The SMILES string of the molecule is [S]=[W](=[S])=[S].c1cc2nc(c1)Cc1cccc(n1)Cc1cccc(n1)C2. The van der Waals surface area contributed by atoms with E-state index < -0.39 is 11.9 Å². The second kappa shape index (κ2) is 8.95. The summed E-state index contributed by atoms with van der Waals surface area (Å²) in [5.74, 6) is 0. The molecule has 3 aromatic rings. The van der Waals surface area contributed by atoms with E-state index in [0.29, 0.717) is 0 Å². The first-order chi connectivity index (χ1) is 12.1. The van der Waals surface area contributed by atoms with Crippen LogP contribution in [0.5, 0.6) is 0 Å². The van der Waals surface area contributed by atoms with Gasteiger partial charge in [0.05, 0.1) is 0 Å². The van der Waals surface area contributed by atoms with Crippen molar-refractivity contribution >= 4 is 29.5 Å². The summed E-state index contributed by atoms with van der Waals surface area (Å²) in [5, 5.41) is 0. The van der Waals surface area contributed by atoms with Gasteiger partial charge in [0.25, 0.3) is 0 Å². The number of pyridine rings is 3. The van der Waals surface area contributed by atoms with E-state index in [4.69, 9.17) is 15.0 Å². The summed E-state index contributed by atoms with van der Waals surface area (Å²) in [5.41, 5.74) is 6.38. The molecule has 3 aromatic heterocycles. The van der Waals surface area contributed by atoms with Gasteiger partial charge in [0.15, 0.2) is 0 Å². The monoisotopic (exact) mass is 553 g/mol. The van der Waals surface area contributed by atoms with E-state index in [9.17, 15) is 0 Å². The first kappa shape index (κ1) is 18.6. The molecule has 4 heterocycles. The number of nitrogens with zero attached hydrogens (tertiary/aromatic N) is 3. The second-order valence-corrected chi connectivity index (χ2v) is 20.4. The fourth-order valence-electron chi connectivity index (χ4n) is 2.74. The molecule has 0 unspecified atom stereocenters. The minimum absolute atomic E-state index is 0.781. The van der Waals surface area contributed by atoms with Crippen molar-refractivity contribution < 1.29 is 11.9 Å². The third-order valence-corrected chi connectivity index (χ3v) is 3.68. The Bertz CT molecular complexity index is 838. The standard InChI is InChI=1S/C18H15N3.3S.W/c1-4-13-10-15-6-2-8-17(20-15)12-18-9-3-7-16(21-18)11-14(5-1)19-13;;;;/h1-9H,10-12H2;;;;. The molecule has 3 nitrogen and oxygen atoms in total. The normalized spacial score (nSPS) is 12.0. The van der Waals surface area contributed by atoms with Gasteiger partial charge >= 0.3 is 41.3 Å². The molecule has 4 rings (SSSR count). The average Bonchev–Trinajstić information content (AvgIpc) is 2.54. The average molecular weight is 553 g/mol. The Balaban J connectivity index is 0.000000415. The van der Waals surface area contributed by atoms with Crippen LogP contribution in [0.4, 0.5) is 0 Å². The maximum Gasteiger partial charge on any atom is 0.0466 e. The van der Waals surface area contributed by atoms with Gasteiger partial charge in [-0.1, -0.05) is 18.2 Å². The molecule has 0 saturated heterocycles. The van der Waals surface area contributed by atoms with Gasteiger partial charge in [-0.15, -0.1) is 0 Å². The van der Waals surface area contributed by atoms with Crippen molar-refractivity contribution in [3.05, 3.63) is 88.8 Å². The fourth-order valence-corrected chi connectivity index (χ4v) is 2.74. The summed E-state index contributed by atoms with van der Waals surface area (Å²) in [4.78, 5) is 14.2.